The van der Waals surface area contributed by atoms with Crippen molar-refractivity contribution in [2.75, 3.05) is 5.43 Å². The monoisotopic (exact) mass is 219 g/mol. The second kappa shape index (κ2) is 4.45. The lowest BCUT2D eigenvalue weighted by atomic mass is 10.1. The fraction of sp³-hybridized carbons (Fsp3) is 0.250. The maximum absolute atomic E-state index is 13.0. The molecule has 84 valence electrons. The minimum Gasteiger partial charge on any atom is -0.308 e. The number of anilines is 1. The summed E-state index contributed by atoms with van der Waals surface area (Å²) in [6.07, 6.45) is 1.92. The predicted molar refractivity (Wildman–Crippen MR) is 63.5 cm³/mol. The second-order valence-electron chi connectivity index (χ2n) is 3.73. The SMILES string of the molecule is CCCc1cc2ccc(F)cc2nc1NN. The van der Waals surface area contributed by atoms with Crippen LogP contribution in [0.5, 0.6) is 0 Å². The van der Waals surface area contributed by atoms with Crippen LogP contribution in [0.4, 0.5) is 10.2 Å². The van der Waals surface area contributed by atoms with Crippen molar-refractivity contribution < 1.29 is 4.39 Å². The fourth-order valence-corrected chi connectivity index (χ4v) is 1.77. The Morgan fingerprint density at radius 2 is 2.19 bits per heavy atom. The summed E-state index contributed by atoms with van der Waals surface area (Å²) < 4.78 is 13.0. The van der Waals surface area contributed by atoms with Crippen molar-refractivity contribution >= 4 is 16.7 Å². The van der Waals surface area contributed by atoms with Gasteiger partial charge in [-0.1, -0.05) is 13.3 Å². The number of aromatic nitrogens is 1. The third kappa shape index (κ3) is 1.97. The number of halogens is 1. The van der Waals surface area contributed by atoms with Gasteiger partial charge in [0.25, 0.3) is 0 Å². The molecule has 1 heterocycles. The topological polar surface area (TPSA) is 50.9 Å². The first-order valence-electron chi connectivity index (χ1n) is 5.30. The molecule has 3 N–H and O–H groups in total. The molecule has 0 atom stereocenters. The van der Waals surface area contributed by atoms with E-state index in [-0.39, 0.29) is 5.82 Å². The molecule has 0 saturated carbocycles. The van der Waals surface area contributed by atoms with E-state index in [9.17, 15) is 4.39 Å². The summed E-state index contributed by atoms with van der Waals surface area (Å²) in [6, 6.07) is 6.58. The lowest BCUT2D eigenvalue weighted by Crippen LogP contribution is -2.11. The fourth-order valence-electron chi connectivity index (χ4n) is 1.77. The molecule has 0 aliphatic carbocycles. The van der Waals surface area contributed by atoms with Crippen LogP contribution in [0.3, 0.4) is 0 Å². The van der Waals surface area contributed by atoms with Gasteiger partial charge in [-0.2, -0.15) is 0 Å². The number of rotatable bonds is 3. The molecule has 16 heavy (non-hydrogen) atoms. The van der Waals surface area contributed by atoms with Crippen LogP contribution in [0.25, 0.3) is 10.9 Å². The van der Waals surface area contributed by atoms with E-state index in [2.05, 4.69) is 17.3 Å². The summed E-state index contributed by atoms with van der Waals surface area (Å²) in [5.74, 6) is 5.74. The van der Waals surface area contributed by atoms with Crippen LogP contribution < -0.4 is 11.3 Å². The normalized spacial score (nSPS) is 10.7. The zero-order valence-electron chi connectivity index (χ0n) is 9.13. The van der Waals surface area contributed by atoms with Crippen molar-refractivity contribution in [3.63, 3.8) is 0 Å². The molecule has 0 aliphatic heterocycles. The van der Waals surface area contributed by atoms with Crippen LogP contribution in [-0.2, 0) is 6.42 Å². The standard InChI is InChI=1S/C12H14FN3/c1-2-3-9-6-8-4-5-10(13)7-11(8)15-12(9)16-14/h4-7H,2-3,14H2,1H3,(H,15,16). The zero-order chi connectivity index (χ0) is 11.5. The van der Waals surface area contributed by atoms with Crippen molar-refractivity contribution in [1.82, 2.24) is 4.98 Å². The first kappa shape index (κ1) is 10.8. The Morgan fingerprint density at radius 3 is 2.88 bits per heavy atom. The van der Waals surface area contributed by atoms with Gasteiger partial charge in [-0.15, -0.1) is 0 Å². The van der Waals surface area contributed by atoms with Gasteiger partial charge in [0.15, 0.2) is 0 Å². The van der Waals surface area contributed by atoms with Gasteiger partial charge in [-0.25, -0.2) is 15.2 Å². The first-order chi connectivity index (χ1) is 7.74. The van der Waals surface area contributed by atoms with E-state index >= 15 is 0 Å². The van der Waals surface area contributed by atoms with Crippen molar-refractivity contribution in [3.05, 3.63) is 35.6 Å². The Morgan fingerprint density at radius 1 is 1.38 bits per heavy atom. The zero-order valence-corrected chi connectivity index (χ0v) is 9.13. The van der Waals surface area contributed by atoms with Crippen LogP contribution >= 0.6 is 0 Å². The number of aryl methyl sites for hydroxylation is 1. The van der Waals surface area contributed by atoms with Crippen LogP contribution in [0.2, 0.25) is 0 Å². The number of nitrogen functional groups attached to an aromatic ring is 1. The van der Waals surface area contributed by atoms with Gasteiger partial charge in [0.1, 0.15) is 11.6 Å². The van der Waals surface area contributed by atoms with E-state index in [1.54, 1.807) is 6.07 Å². The van der Waals surface area contributed by atoms with E-state index in [1.807, 2.05) is 6.07 Å². The number of hydrogen-bond acceptors (Lipinski definition) is 3. The highest BCUT2D eigenvalue weighted by molar-refractivity contribution is 5.81. The highest BCUT2D eigenvalue weighted by Gasteiger charge is 2.05. The van der Waals surface area contributed by atoms with Gasteiger partial charge in [0.05, 0.1) is 5.52 Å². The highest BCUT2D eigenvalue weighted by atomic mass is 19.1. The average molecular weight is 219 g/mol. The molecule has 3 nitrogen and oxygen atoms in total. The van der Waals surface area contributed by atoms with Crippen molar-refractivity contribution in [2.24, 2.45) is 5.84 Å². The molecule has 4 heteroatoms. The molecule has 0 saturated heterocycles. The van der Waals surface area contributed by atoms with Gasteiger partial charge in [-0.05, 0) is 30.2 Å². The number of hydrazine groups is 1. The molecule has 2 rings (SSSR count). The van der Waals surface area contributed by atoms with Crippen molar-refractivity contribution in [3.8, 4) is 0 Å². The Labute approximate surface area is 93.5 Å². The molecule has 2 aromatic rings. The lowest BCUT2D eigenvalue weighted by molar-refractivity contribution is 0.629. The smallest absolute Gasteiger partial charge is 0.143 e. The molecule has 0 unspecified atom stereocenters. The van der Waals surface area contributed by atoms with Crippen LogP contribution in [0.1, 0.15) is 18.9 Å². The number of benzene rings is 1. The number of hydrogen-bond donors (Lipinski definition) is 2. The highest BCUT2D eigenvalue weighted by Crippen LogP contribution is 2.21. The summed E-state index contributed by atoms with van der Waals surface area (Å²) in [5, 5.41) is 0.934. The number of fused-ring (bicyclic) bond motifs is 1. The Balaban J connectivity index is 2.60. The largest absolute Gasteiger partial charge is 0.308 e. The van der Waals surface area contributed by atoms with Crippen LogP contribution in [-0.4, -0.2) is 4.98 Å². The number of pyridine rings is 1. The van der Waals surface area contributed by atoms with Gasteiger partial charge in [0, 0.05) is 11.5 Å². The Kier molecular flexibility index (Phi) is 3.01. The molecular formula is C12H14FN3. The van der Waals surface area contributed by atoms with Gasteiger partial charge in [0.2, 0.25) is 0 Å². The molecule has 1 aromatic heterocycles. The maximum Gasteiger partial charge on any atom is 0.143 e. The quantitative estimate of drug-likeness (QED) is 0.616. The van der Waals surface area contributed by atoms with Crippen molar-refractivity contribution in [2.45, 2.75) is 19.8 Å². The van der Waals surface area contributed by atoms with Gasteiger partial charge >= 0.3 is 0 Å². The number of nitrogens with two attached hydrogens (primary N) is 1. The Bertz CT molecular complexity index is 511. The van der Waals surface area contributed by atoms with E-state index in [4.69, 9.17) is 5.84 Å². The summed E-state index contributed by atoms with van der Waals surface area (Å²) in [5.41, 5.74) is 4.24. The van der Waals surface area contributed by atoms with E-state index in [0.29, 0.717) is 11.3 Å². The van der Waals surface area contributed by atoms with E-state index in [0.717, 1.165) is 23.8 Å². The minimum atomic E-state index is -0.286. The minimum absolute atomic E-state index is 0.286. The van der Waals surface area contributed by atoms with Crippen molar-refractivity contribution in [1.29, 1.82) is 0 Å². The molecule has 0 fully saturated rings. The molecule has 1 aromatic carbocycles. The summed E-state index contributed by atoms with van der Waals surface area (Å²) in [7, 11) is 0. The third-order valence-electron chi connectivity index (χ3n) is 2.51. The van der Waals surface area contributed by atoms with Gasteiger partial charge < -0.3 is 5.43 Å². The lowest BCUT2D eigenvalue weighted by Gasteiger charge is -2.08. The Hall–Kier alpha value is -1.68. The number of nitrogens with one attached hydrogen (secondary N) is 1. The summed E-state index contributed by atoms with van der Waals surface area (Å²) in [4.78, 5) is 4.30. The van der Waals surface area contributed by atoms with E-state index < -0.39 is 0 Å². The summed E-state index contributed by atoms with van der Waals surface area (Å²) in [6.45, 7) is 2.09. The third-order valence-corrected chi connectivity index (χ3v) is 2.51. The maximum atomic E-state index is 13.0. The number of nitrogens with zero attached hydrogens (tertiary/aromatic N) is 1. The van der Waals surface area contributed by atoms with Crippen LogP contribution in [0, 0.1) is 5.82 Å². The molecular weight excluding hydrogens is 205 g/mol. The molecule has 0 bridgehead atoms. The first-order valence-corrected chi connectivity index (χ1v) is 5.30. The summed E-state index contributed by atoms with van der Waals surface area (Å²) >= 11 is 0. The molecule has 0 radical (unpaired) electrons. The second-order valence-corrected chi connectivity index (χ2v) is 3.73. The van der Waals surface area contributed by atoms with Gasteiger partial charge in [-0.3, -0.25) is 0 Å². The molecule has 0 aliphatic rings. The van der Waals surface area contributed by atoms with E-state index in [1.165, 1.54) is 12.1 Å². The predicted octanol–water partition coefficient (Wildman–Crippen LogP) is 2.61. The molecule has 0 spiro atoms. The van der Waals surface area contributed by atoms with Crippen LogP contribution in [0.15, 0.2) is 24.3 Å². The average Bonchev–Trinajstić information content (AvgIpc) is 2.29. The molecule has 0 amide bonds.